The Hall–Kier alpha value is -3.92. The summed E-state index contributed by atoms with van der Waals surface area (Å²) in [4.78, 5) is 50.6. The van der Waals surface area contributed by atoms with Crippen molar-refractivity contribution in [1.29, 1.82) is 0 Å². The van der Waals surface area contributed by atoms with Gasteiger partial charge in [-0.3, -0.25) is 19.2 Å². The normalized spacial score (nSPS) is 11.9. The Morgan fingerprint density at radius 2 is 1.23 bits per heavy atom. The highest BCUT2D eigenvalue weighted by Gasteiger charge is 2.33. The lowest BCUT2D eigenvalue weighted by Gasteiger charge is -2.18. The topological polar surface area (TPSA) is 68.3 Å². The van der Waals surface area contributed by atoms with E-state index in [1.165, 1.54) is 0 Å². The van der Waals surface area contributed by atoms with Gasteiger partial charge in [0.1, 0.15) is 5.92 Å². The van der Waals surface area contributed by atoms with Crippen LogP contribution in [0.1, 0.15) is 35.2 Å². The standard InChI is InChI=1S/C27H20O4/c1-17(28)24(29)16-25(30)26(22-14-6-10-18-8-2-4-12-20(18)22)27(31)23-15-7-11-19-9-3-5-13-21(19)23/h2-15,26H,16H2,1H3. The summed E-state index contributed by atoms with van der Waals surface area (Å²) in [5.41, 5.74) is 0.956. The van der Waals surface area contributed by atoms with Crippen LogP contribution in [0.2, 0.25) is 0 Å². The summed E-state index contributed by atoms with van der Waals surface area (Å²) in [6.45, 7) is 1.13. The molecule has 31 heavy (non-hydrogen) atoms. The van der Waals surface area contributed by atoms with Gasteiger partial charge >= 0.3 is 0 Å². The van der Waals surface area contributed by atoms with Gasteiger partial charge in [0.15, 0.2) is 17.3 Å². The van der Waals surface area contributed by atoms with Gasteiger partial charge in [0.25, 0.3) is 0 Å². The number of rotatable bonds is 7. The molecule has 0 aliphatic rings. The first kappa shape index (κ1) is 20.4. The SMILES string of the molecule is CC(=O)C(=O)CC(=O)C(C(=O)c1cccc2ccccc12)c1cccc2ccccc12. The predicted octanol–water partition coefficient (Wildman–Crippen LogP) is 5.08. The van der Waals surface area contributed by atoms with E-state index in [9.17, 15) is 19.2 Å². The zero-order valence-corrected chi connectivity index (χ0v) is 17.0. The lowest BCUT2D eigenvalue weighted by molar-refractivity contribution is -0.137. The molecule has 4 nitrogen and oxygen atoms in total. The lowest BCUT2D eigenvalue weighted by Crippen LogP contribution is -2.26. The Labute approximate surface area is 179 Å². The van der Waals surface area contributed by atoms with Crippen molar-refractivity contribution in [2.45, 2.75) is 19.3 Å². The Morgan fingerprint density at radius 1 is 0.677 bits per heavy atom. The highest BCUT2D eigenvalue weighted by molar-refractivity contribution is 6.40. The summed E-state index contributed by atoms with van der Waals surface area (Å²) >= 11 is 0. The van der Waals surface area contributed by atoms with Gasteiger partial charge in [-0.25, -0.2) is 0 Å². The van der Waals surface area contributed by atoms with Gasteiger partial charge in [-0.05, 0) is 27.1 Å². The molecule has 0 aliphatic carbocycles. The third-order valence-electron chi connectivity index (χ3n) is 5.50. The number of fused-ring (bicyclic) bond motifs is 2. The average molecular weight is 408 g/mol. The molecule has 152 valence electrons. The van der Waals surface area contributed by atoms with Crippen LogP contribution < -0.4 is 0 Å². The van der Waals surface area contributed by atoms with E-state index in [-0.39, 0.29) is 5.78 Å². The zero-order valence-electron chi connectivity index (χ0n) is 17.0. The van der Waals surface area contributed by atoms with Gasteiger partial charge in [-0.15, -0.1) is 0 Å². The van der Waals surface area contributed by atoms with E-state index < -0.39 is 29.7 Å². The molecule has 4 aromatic carbocycles. The molecule has 0 heterocycles. The summed E-state index contributed by atoms with van der Waals surface area (Å²) in [5.74, 6) is -3.62. The number of hydrogen-bond acceptors (Lipinski definition) is 4. The van der Waals surface area contributed by atoms with E-state index in [4.69, 9.17) is 0 Å². The van der Waals surface area contributed by atoms with Gasteiger partial charge in [-0.2, -0.15) is 0 Å². The maximum absolute atomic E-state index is 13.8. The number of hydrogen-bond donors (Lipinski definition) is 0. The average Bonchev–Trinajstić information content (AvgIpc) is 2.78. The number of carbonyl (C=O) groups is 4. The van der Waals surface area contributed by atoms with Gasteiger partial charge in [-0.1, -0.05) is 84.9 Å². The van der Waals surface area contributed by atoms with Gasteiger partial charge in [0, 0.05) is 12.5 Å². The van der Waals surface area contributed by atoms with E-state index >= 15 is 0 Å². The Morgan fingerprint density at radius 3 is 1.90 bits per heavy atom. The van der Waals surface area contributed by atoms with Crippen molar-refractivity contribution >= 4 is 44.7 Å². The van der Waals surface area contributed by atoms with Crippen molar-refractivity contribution < 1.29 is 19.2 Å². The van der Waals surface area contributed by atoms with Crippen molar-refractivity contribution in [2.24, 2.45) is 0 Å². The molecule has 0 amide bonds. The molecule has 1 unspecified atom stereocenters. The van der Waals surface area contributed by atoms with Gasteiger partial charge < -0.3 is 0 Å². The fourth-order valence-corrected chi connectivity index (χ4v) is 3.94. The molecule has 0 aromatic heterocycles. The van der Waals surface area contributed by atoms with Crippen molar-refractivity contribution in [3.63, 3.8) is 0 Å². The smallest absolute Gasteiger partial charge is 0.205 e. The predicted molar refractivity (Wildman–Crippen MR) is 120 cm³/mol. The molecule has 0 radical (unpaired) electrons. The molecule has 1 atom stereocenters. The molecule has 0 N–H and O–H groups in total. The van der Waals surface area contributed by atoms with E-state index in [0.717, 1.165) is 28.5 Å². The van der Waals surface area contributed by atoms with Crippen LogP contribution in [0.5, 0.6) is 0 Å². The molecule has 0 fully saturated rings. The lowest BCUT2D eigenvalue weighted by atomic mass is 9.82. The van der Waals surface area contributed by atoms with Crippen LogP contribution in [-0.4, -0.2) is 23.1 Å². The van der Waals surface area contributed by atoms with Crippen molar-refractivity contribution in [1.82, 2.24) is 0 Å². The number of benzene rings is 4. The van der Waals surface area contributed by atoms with Crippen LogP contribution in [-0.2, 0) is 14.4 Å². The Bertz CT molecular complexity index is 1340. The molecule has 0 aliphatic heterocycles. The molecule has 4 rings (SSSR count). The number of Topliss-reactive ketones (excluding diaryl/α,β-unsaturated/α-hetero) is 4. The highest BCUT2D eigenvalue weighted by Crippen LogP contribution is 2.32. The second-order valence-corrected chi connectivity index (χ2v) is 7.51. The fraction of sp³-hybridized carbons (Fsp3) is 0.111. The van der Waals surface area contributed by atoms with Crippen LogP contribution in [0.25, 0.3) is 21.5 Å². The summed E-state index contributed by atoms with van der Waals surface area (Å²) < 4.78 is 0. The molecule has 0 saturated heterocycles. The third kappa shape index (κ3) is 3.92. The second-order valence-electron chi connectivity index (χ2n) is 7.51. The first-order valence-corrected chi connectivity index (χ1v) is 10.0. The van der Waals surface area contributed by atoms with Crippen molar-refractivity contribution in [3.8, 4) is 0 Å². The molecule has 0 saturated carbocycles. The minimum absolute atomic E-state index is 0.380. The molecule has 4 aromatic rings. The van der Waals surface area contributed by atoms with Crippen LogP contribution in [0.4, 0.5) is 0 Å². The fourth-order valence-electron chi connectivity index (χ4n) is 3.94. The maximum Gasteiger partial charge on any atom is 0.205 e. The summed E-state index contributed by atoms with van der Waals surface area (Å²) in [5, 5.41) is 3.29. The summed E-state index contributed by atoms with van der Waals surface area (Å²) in [7, 11) is 0. The van der Waals surface area contributed by atoms with E-state index in [0.29, 0.717) is 11.1 Å². The summed E-state index contributed by atoms with van der Waals surface area (Å²) in [6.07, 6.45) is -0.597. The van der Waals surface area contributed by atoms with Gasteiger partial charge in [0.05, 0.1) is 6.42 Å². The molecular weight excluding hydrogens is 388 g/mol. The number of carbonyl (C=O) groups excluding carboxylic acids is 4. The minimum Gasteiger partial charge on any atom is -0.298 e. The molecule has 0 spiro atoms. The third-order valence-corrected chi connectivity index (χ3v) is 5.50. The van der Waals surface area contributed by atoms with Crippen LogP contribution in [0.15, 0.2) is 84.9 Å². The van der Waals surface area contributed by atoms with Crippen molar-refractivity contribution in [2.75, 3.05) is 0 Å². The summed E-state index contributed by atoms with van der Waals surface area (Å²) in [6, 6.07) is 25.8. The van der Waals surface area contributed by atoms with Crippen molar-refractivity contribution in [3.05, 3.63) is 96.1 Å². The quantitative estimate of drug-likeness (QED) is 0.243. The minimum atomic E-state index is -1.18. The Kier molecular flexibility index (Phi) is 5.54. The second kappa shape index (κ2) is 8.44. The van der Waals surface area contributed by atoms with E-state index in [2.05, 4.69) is 0 Å². The van der Waals surface area contributed by atoms with Crippen LogP contribution >= 0.6 is 0 Å². The monoisotopic (exact) mass is 408 g/mol. The van der Waals surface area contributed by atoms with E-state index in [1.807, 2.05) is 60.7 Å². The molecule has 0 bridgehead atoms. The first-order valence-electron chi connectivity index (χ1n) is 10.0. The van der Waals surface area contributed by atoms with E-state index in [1.54, 1.807) is 24.3 Å². The maximum atomic E-state index is 13.8. The van der Waals surface area contributed by atoms with Crippen LogP contribution in [0.3, 0.4) is 0 Å². The molecule has 4 heteroatoms. The van der Waals surface area contributed by atoms with Gasteiger partial charge in [0.2, 0.25) is 5.78 Å². The van der Waals surface area contributed by atoms with Crippen LogP contribution in [0, 0.1) is 0 Å². The zero-order chi connectivity index (χ0) is 22.0. The molecular formula is C27H20O4. The first-order chi connectivity index (χ1) is 15.0. The Balaban J connectivity index is 1.90. The number of ketones is 4. The highest BCUT2D eigenvalue weighted by atomic mass is 16.2. The largest absolute Gasteiger partial charge is 0.298 e.